The number of nitrogens with zero attached hydrogens (tertiary/aromatic N) is 3. The number of benzene rings is 3. The van der Waals surface area contributed by atoms with Crippen LogP contribution in [0.5, 0.6) is 0 Å². The number of sulfonamides is 1. The number of alkyl halides is 3. The Labute approximate surface area is 215 Å². The number of amides is 1. The van der Waals surface area contributed by atoms with Crippen LogP contribution in [0.2, 0.25) is 0 Å². The number of carbonyl (C=O) groups excluding carboxylic acids is 1. The van der Waals surface area contributed by atoms with E-state index >= 15 is 0 Å². The second-order valence-corrected chi connectivity index (χ2v) is 10.9. The van der Waals surface area contributed by atoms with Gasteiger partial charge in [0.2, 0.25) is 5.91 Å². The largest absolute Gasteiger partial charge is 0.416 e. The Hall–Kier alpha value is -3.53. The van der Waals surface area contributed by atoms with Crippen molar-refractivity contribution in [2.24, 2.45) is 0 Å². The standard InChI is InChI=1S/C27H28F3N3O3S/c1-20-11-12-24(17-21(20)2)33(37(35,36)25-9-4-3-5-10-25)19-26(34)32-15-13-31(14-16-32)23-8-6-7-22(18-23)27(28,29)30/h3-12,17-18H,13-16,19H2,1-2H3. The third-order valence-corrected chi connectivity index (χ3v) is 8.35. The zero-order valence-corrected chi connectivity index (χ0v) is 21.4. The Bertz CT molecular complexity index is 1370. The average molecular weight is 532 g/mol. The van der Waals surface area contributed by atoms with Crippen molar-refractivity contribution in [3.05, 3.63) is 89.5 Å². The Morgan fingerprint density at radius 3 is 2.16 bits per heavy atom. The second kappa shape index (κ2) is 10.5. The predicted octanol–water partition coefficient (Wildman–Crippen LogP) is 4.87. The van der Waals surface area contributed by atoms with Gasteiger partial charge in [0.25, 0.3) is 10.0 Å². The summed E-state index contributed by atoms with van der Waals surface area (Å²) in [4.78, 5) is 16.7. The lowest BCUT2D eigenvalue weighted by atomic mass is 10.1. The summed E-state index contributed by atoms with van der Waals surface area (Å²) < 4.78 is 67.5. The first-order valence-electron chi connectivity index (χ1n) is 11.8. The molecule has 1 saturated heterocycles. The molecule has 0 radical (unpaired) electrons. The van der Waals surface area contributed by atoms with Gasteiger partial charge in [0, 0.05) is 31.9 Å². The average Bonchev–Trinajstić information content (AvgIpc) is 2.89. The lowest BCUT2D eigenvalue weighted by Crippen LogP contribution is -2.52. The minimum Gasteiger partial charge on any atom is -0.368 e. The number of aryl methyl sites for hydroxylation is 2. The molecule has 0 bridgehead atoms. The second-order valence-electron chi connectivity index (χ2n) is 9.01. The van der Waals surface area contributed by atoms with Gasteiger partial charge in [0.05, 0.1) is 16.1 Å². The molecule has 4 rings (SSSR count). The number of hydrogen-bond donors (Lipinski definition) is 0. The van der Waals surface area contributed by atoms with E-state index < -0.39 is 21.8 Å². The van der Waals surface area contributed by atoms with Crippen LogP contribution >= 0.6 is 0 Å². The first kappa shape index (κ1) is 26.5. The summed E-state index contributed by atoms with van der Waals surface area (Å²) in [5.41, 5.74) is 2.00. The summed E-state index contributed by atoms with van der Waals surface area (Å²) in [6.07, 6.45) is -4.43. The van der Waals surface area contributed by atoms with Crippen molar-refractivity contribution in [1.82, 2.24) is 4.90 Å². The number of hydrogen-bond acceptors (Lipinski definition) is 4. The van der Waals surface area contributed by atoms with Crippen molar-refractivity contribution in [2.45, 2.75) is 24.9 Å². The summed E-state index contributed by atoms with van der Waals surface area (Å²) in [7, 11) is -4.02. The molecular weight excluding hydrogens is 503 g/mol. The molecule has 1 aliphatic heterocycles. The highest BCUT2D eigenvalue weighted by molar-refractivity contribution is 7.92. The van der Waals surface area contributed by atoms with Crippen molar-refractivity contribution >= 4 is 27.3 Å². The van der Waals surface area contributed by atoms with Gasteiger partial charge in [-0.3, -0.25) is 9.10 Å². The smallest absolute Gasteiger partial charge is 0.368 e. The molecule has 0 aromatic heterocycles. The molecular formula is C27H28F3N3O3S. The van der Waals surface area contributed by atoms with Gasteiger partial charge in [-0.2, -0.15) is 13.2 Å². The lowest BCUT2D eigenvalue weighted by molar-refractivity contribution is -0.137. The van der Waals surface area contributed by atoms with E-state index in [0.29, 0.717) is 24.5 Å². The van der Waals surface area contributed by atoms with Crippen LogP contribution in [0.1, 0.15) is 16.7 Å². The van der Waals surface area contributed by atoms with Crippen molar-refractivity contribution in [2.75, 3.05) is 41.9 Å². The van der Waals surface area contributed by atoms with Crippen molar-refractivity contribution in [3.8, 4) is 0 Å². The van der Waals surface area contributed by atoms with E-state index in [1.165, 1.54) is 18.2 Å². The van der Waals surface area contributed by atoms with E-state index in [2.05, 4.69) is 0 Å². The molecule has 1 fully saturated rings. The summed E-state index contributed by atoms with van der Waals surface area (Å²) in [5, 5.41) is 0. The Morgan fingerprint density at radius 1 is 0.865 bits per heavy atom. The third-order valence-electron chi connectivity index (χ3n) is 6.56. The summed E-state index contributed by atoms with van der Waals surface area (Å²) in [6, 6.07) is 18.3. The molecule has 0 spiro atoms. The maximum absolute atomic E-state index is 13.6. The summed E-state index contributed by atoms with van der Waals surface area (Å²) in [5.74, 6) is -0.374. The topological polar surface area (TPSA) is 60.9 Å². The fourth-order valence-electron chi connectivity index (χ4n) is 4.23. The molecule has 0 unspecified atom stereocenters. The van der Waals surface area contributed by atoms with Crippen molar-refractivity contribution in [3.63, 3.8) is 0 Å². The fourth-order valence-corrected chi connectivity index (χ4v) is 5.66. The van der Waals surface area contributed by atoms with Gasteiger partial charge in [0.1, 0.15) is 6.54 Å². The summed E-state index contributed by atoms with van der Waals surface area (Å²) >= 11 is 0. The molecule has 0 N–H and O–H groups in total. The normalized spacial score (nSPS) is 14.5. The first-order valence-corrected chi connectivity index (χ1v) is 13.3. The van der Waals surface area contributed by atoms with E-state index in [4.69, 9.17) is 0 Å². The Morgan fingerprint density at radius 2 is 1.54 bits per heavy atom. The zero-order valence-electron chi connectivity index (χ0n) is 20.6. The number of piperazine rings is 1. The zero-order chi connectivity index (χ0) is 26.8. The molecule has 0 saturated carbocycles. The van der Waals surface area contributed by atoms with Crippen molar-refractivity contribution in [1.29, 1.82) is 0 Å². The van der Waals surface area contributed by atoms with Crippen LogP contribution in [-0.4, -0.2) is 51.9 Å². The van der Waals surface area contributed by atoms with Gasteiger partial charge in [-0.25, -0.2) is 8.42 Å². The van der Waals surface area contributed by atoms with Gasteiger partial charge < -0.3 is 9.80 Å². The molecule has 1 amide bonds. The van der Waals surface area contributed by atoms with Crippen LogP contribution < -0.4 is 9.21 Å². The monoisotopic (exact) mass is 531 g/mol. The molecule has 6 nitrogen and oxygen atoms in total. The quantitative estimate of drug-likeness (QED) is 0.456. The number of rotatable bonds is 6. The van der Waals surface area contributed by atoms with Crippen LogP contribution in [0.4, 0.5) is 24.5 Å². The highest BCUT2D eigenvalue weighted by atomic mass is 32.2. The van der Waals surface area contributed by atoms with Gasteiger partial charge in [0.15, 0.2) is 0 Å². The van der Waals surface area contributed by atoms with Gasteiger partial charge >= 0.3 is 6.18 Å². The molecule has 3 aromatic carbocycles. The molecule has 0 aliphatic carbocycles. The minimum absolute atomic E-state index is 0.0791. The van der Waals surface area contributed by atoms with E-state index in [-0.39, 0.29) is 30.4 Å². The Kier molecular flexibility index (Phi) is 7.49. The SMILES string of the molecule is Cc1ccc(N(CC(=O)N2CCN(c3cccc(C(F)(F)F)c3)CC2)S(=O)(=O)c2ccccc2)cc1C. The highest BCUT2D eigenvalue weighted by Gasteiger charge is 2.32. The molecule has 37 heavy (non-hydrogen) atoms. The van der Waals surface area contributed by atoms with E-state index in [1.54, 1.807) is 46.2 Å². The molecule has 0 atom stereocenters. The highest BCUT2D eigenvalue weighted by Crippen LogP contribution is 2.32. The summed E-state index contributed by atoms with van der Waals surface area (Å²) in [6.45, 7) is 4.61. The van der Waals surface area contributed by atoms with Crippen molar-refractivity contribution < 1.29 is 26.4 Å². The maximum Gasteiger partial charge on any atom is 0.416 e. The molecule has 1 aliphatic rings. The number of anilines is 2. The Balaban J connectivity index is 1.52. The molecule has 196 valence electrons. The van der Waals surface area contributed by atoms with E-state index in [9.17, 15) is 26.4 Å². The van der Waals surface area contributed by atoms with Crippen LogP contribution in [0.3, 0.4) is 0 Å². The lowest BCUT2D eigenvalue weighted by Gasteiger charge is -2.37. The van der Waals surface area contributed by atoms with E-state index in [1.807, 2.05) is 19.9 Å². The number of carbonyl (C=O) groups is 1. The first-order chi connectivity index (χ1) is 17.5. The molecule has 10 heteroatoms. The maximum atomic E-state index is 13.6. The van der Waals surface area contributed by atoms with E-state index in [0.717, 1.165) is 27.6 Å². The van der Waals surface area contributed by atoms with Crippen LogP contribution in [0, 0.1) is 13.8 Å². The predicted molar refractivity (Wildman–Crippen MR) is 137 cm³/mol. The van der Waals surface area contributed by atoms with Gasteiger partial charge in [-0.1, -0.05) is 30.3 Å². The minimum atomic E-state index is -4.43. The number of halogens is 3. The van der Waals surface area contributed by atoms with Crippen LogP contribution in [0.15, 0.2) is 77.7 Å². The molecule has 1 heterocycles. The molecule has 3 aromatic rings. The van der Waals surface area contributed by atoms with Crippen LogP contribution in [-0.2, 0) is 21.0 Å². The fraction of sp³-hybridized carbons (Fsp3) is 0.296. The van der Waals surface area contributed by atoms with Crippen LogP contribution in [0.25, 0.3) is 0 Å². The van der Waals surface area contributed by atoms with Gasteiger partial charge in [-0.15, -0.1) is 0 Å². The van der Waals surface area contributed by atoms with Gasteiger partial charge in [-0.05, 0) is 67.4 Å². The third kappa shape index (κ3) is 5.90.